The number of pyridine rings is 1. The van der Waals surface area contributed by atoms with Crippen LogP contribution in [-0.4, -0.2) is 28.2 Å². The summed E-state index contributed by atoms with van der Waals surface area (Å²) in [5.74, 6) is 0.925. The lowest BCUT2D eigenvalue weighted by Crippen LogP contribution is -2.38. The third-order valence-corrected chi connectivity index (χ3v) is 5.21. The highest BCUT2D eigenvalue weighted by Gasteiger charge is 2.25. The molecule has 0 aliphatic heterocycles. The number of nitrogens with zero attached hydrogens (tertiary/aromatic N) is 3. The number of aryl methyl sites for hydroxylation is 1. The van der Waals surface area contributed by atoms with Gasteiger partial charge >= 0.3 is 0 Å². The number of rotatable bonds is 6. The lowest BCUT2D eigenvalue weighted by molar-refractivity contribution is -0.121. The highest BCUT2D eigenvalue weighted by molar-refractivity contribution is 7.80. The molecule has 0 saturated heterocycles. The molecule has 0 saturated carbocycles. The van der Waals surface area contributed by atoms with E-state index in [1.165, 1.54) is 0 Å². The molecule has 1 unspecified atom stereocenters. The minimum atomic E-state index is -0.111. The average Bonchev–Trinajstić information content (AvgIpc) is 2.93. The highest BCUT2D eigenvalue weighted by atomic mass is 32.1. The number of thiazole rings is 1. The van der Waals surface area contributed by atoms with Crippen molar-refractivity contribution in [1.82, 2.24) is 9.97 Å². The summed E-state index contributed by atoms with van der Waals surface area (Å²) in [6, 6.07) is 3.88. The first-order valence-corrected chi connectivity index (χ1v) is 9.19. The van der Waals surface area contributed by atoms with Gasteiger partial charge in [0, 0.05) is 36.2 Å². The fourth-order valence-corrected chi connectivity index (χ4v) is 3.46. The Kier molecular flexibility index (Phi) is 6.18. The zero-order valence-electron chi connectivity index (χ0n) is 14.0. The van der Waals surface area contributed by atoms with Crippen LogP contribution < -0.4 is 4.90 Å². The Morgan fingerprint density at radius 2 is 2.13 bits per heavy atom. The minimum Gasteiger partial charge on any atom is -0.302 e. The zero-order chi connectivity index (χ0) is 17.0. The molecule has 23 heavy (non-hydrogen) atoms. The molecule has 6 heteroatoms. The summed E-state index contributed by atoms with van der Waals surface area (Å²) in [4.78, 5) is 23.4. The minimum absolute atomic E-state index is 0.109. The molecule has 2 rings (SSSR count). The number of hydrogen-bond donors (Lipinski definition) is 1. The summed E-state index contributed by atoms with van der Waals surface area (Å²) in [5, 5.41) is 1.82. The summed E-state index contributed by atoms with van der Waals surface area (Å²) < 4.78 is 0. The molecule has 2 aromatic heterocycles. The van der Waals surface area contributed by atoms with Gasteiger partial charge in [-0.05, 0) is 25.0 Å². The third-order valence-electron chi connectivity index (χ3n) is 3.43. The second-order valence-electron chi connectivity index (χ2n) is 6.08. The van der Waals surface area contributed by atoms with Crippen molar-refractivity contribution in [3.8, 4) is 10.6 Å². The van der Waals surface area contributed by atoms with E-state index in [-0.39, 0.29) is 11.8 Å². The lowest BCUT2D eigenvalue weighted by Gasteiger charge is -2.26. The maximum Gasteiger partial charge on any atom is 0.231 e. The van der Waals surface area contributed by atoms with Crippen molar-refractivity contribution < 1.29 is 4.79 Å². The Balaban J connectivity index is 2.39. The van der Waals surface area contributed by atoms with Crippen molar-refractivity contribution >= 4 is 34.9 Å². The van der Waals surface area contributed by atoms with E-state index in [0.29, 0.717) is 18.2 Å². The van der Waals surface area contributed by atoms with Gasteiger partial charge in [-0.25, -0.2) is 4.98 Å². The summed E-state index contributed by atoms with van der Waals surface area (Å²) >= 11 is 5.82. The first-order valence-electron chi connectivity index (χ1n) is 7.74. The van der Waals surface area contributed by atoms with Crippen molar-refractivity contribution in [1.29, 1.82) is 0 Å². The van der Waals surface area contributed by atoms with Crippen LogP contribution in [0.25, 0.3) is 10.6 Å². The van der Waals surface area contributed by atoms with E-state index in [2.05, 4.69) is 36.4 Å². The van der Waals surface area contributed by atoms with Gasteiger partial charge in [-0.15, -0.1) is 0 Å². The molecule has 0 spiro atoms. The number of hydrogen-bond acceptors (Lipinski definition) is 5. The van der Waals surface area contributed by atoms with Gasteiger partial charge in [0.05, 0.1) is 5.69 Å². The van der Waals surface area contributed by atoms with Gasteiger partial charge in [0.25, 0.3) is 0 Å². The first kappa shape index (κ1) is 17.9. The Hall–Kier alpha value is -1.40. The quantitative estimate of drug-likeness (QED) is 0.800. The fraction of sp³-hybridized carbons (Fsp3) is 0.471. The molecular weight excluding hydrogens is 326 g/mol. The van der Waals surface area contributed by atoms with Crippen LogP contribution >= 0.6 is 24.0 Å². The van der Waals surface area contributed by atoms with E-state index >= 15 is 0 Å². The third kappa shape index (κ3) is 4.32. The van der Waals surface area contributed by atoms with Crippen molar-refractivity contribution in [2.75, 3.05) is 17.2 Å². The van der Waals surface area contributed by atoms with Gasteiger partial charge < -0.3 is 4.90 Å². The SMILES string of the molecule is Cc1nc(-c2cccnc2)sc1N(CC(C)C)C(=O)C(C)CS. The normalized spacial score (nSPS) is 12.4. The topological polar surface area (TPSA) is 46.1 Å². The van der Waals surface area contributed by atoms with Crippen LogP contribution in [0, 0.1) is 18.8 Å². The standard InChI is InChI=1S/C17H23N3OS2/c1-11(2)9-20(16(21)12(3)10-22)17-13(4)19-15(23-17)14-6-5-7-18-8-14/h5-8,11-12,22H,9-10H2,1-4H3. The molecule has 4 nitrogen and oxygen atoms in total. The summed E-state index contributed by atoms with van der Waals surface area (Å²) in [7, 11) is 0. The second-order valence-corrected chi connectivity index (χ2v) is 7.42. The van der Waals surface area contributed by atoms with Gasteiger partial charge in [-0.1, -0.05) is 32.1 Å². The van der Waals surface area contributed by atoms with Crippen molar-refractivity contribution in [2.45, 2.75) is 27.7 Å². The molecule has 1 atom stereocenters. The Bertz CT molecular complexity index is 655. The number of carbonyl (C=O) groups is 1. The Morgan fingerprint density at radius 3 is 2.70 bits per heavy atom. The van der Waals surface area contributed by atoms with Crippen LogP contribution in [0.15, 0.2) is 24.5 Å². The summed E-state index contributed by atoms with van der Waals surface area (Å²) in [6.07, 6.45) is 3.54. The molecule has 0 radical (unpaired) electrons. The fourth-order valence-electron chi connectivity index (χ4n) is 2.23. The van der Waals surface area contributed by atoms with E-state index in [4.69, 9.17) is 0 Å². The van der Waals surface area contributed by atoms with Gasteiger partial charge in [-0.2, -0.15) is 12.6 Å². The molecule has 0 N–H and O–H groups in total. The predicted octanol–water partition coefficient (Wildman–Crippen LogP) is 4.07. The monoisotopic (exact) mass is 349 g/mol. The second kappa shape index (κ2) is 7.93. The number of aromatic nitrogens is 2. The summed E-state index contributed by atoms with van der Waals surface area (Å²) in [5.41, 5.74) is 1.86. The maximum absolute atomic E-state index is 12.8. The molecule has 124 valence electrons. The Labute approximate surface area is 147 Å². The number of amides is 1. The van der Waals surface area contributed by atoms with Gasteiger partial charge in [0.1, 0.15) is 10.0 Å². The van der Waals surface area contributed by atoms with Gasteiger partial charge in [-0.3, -0.25) is 9.78 Å². The van der Waals surface area contributed by atoms with Crippen molar-refractivity contribution in [2.24, 2.45) is 11.8 Å². The van der Waals surface area contributed by atoms with Crippen LogP contribution in [0.3, 0.4) is 0 Å². The van der Waals surface area contributed by atoms with Gasteiger partial charge in [0.2, 0.25) is 5.91 Å². The molecule has 0 fully saturated rings. The van der Waals surface area contributed by atoms with E-state index < -0.39 is 0 Å². The largest absolute Gasteiger partial charge is 0.302 e. The van der Waals surface area contributed by atoms with E-state index in [1.54, 1.807) is 23.7 Å². The molecular formula is C17H23N3OS2. The highest BCUT2D eigenvalue weighted by Crippen LogP contribution is 2.35. The average molecular weight is 350 g/mol. The first-order chi connectivity index (χ1) is 10.9. The smallest absolute Gasteiger partial charge is 0.231 e. The maximum atomic E-state index is 12.8. The van der Waals surface area contributed by atoms with Crippen LogP contribution in [0.1, 0.15) is 26.5 Å². The van der Waals surface area contributed by atoms with Crippen LogP contribution in [0.2, 0.25) is 0 Å². The van der Waals surface area contributed by atoms with Crippen LogP contribution in [-0.2, 0) is 4.79 Å². The zero-order valence-corrected chi connectivity index (χ0v) is 15.7. The van der Waals surface area contributed by atoms with E-state index in [1.807, 2.05) is 30.9 Å². The number of anilines is 1. The van der Waals surface area contributed by atoms with E-state index in [0.717, 1.165) is 21.3 Å². The van der Waals surface area contributed by atoms with E-state index in [9.17, 15) is 4.79 Å². The molecule has 2 heterocycles. The molecule has 0 aliphatic carbocycles. The van der Waals surface area contributed by atoms with Crippen LogP contribution in [0.5, 0.6) is 0 Å². The predicted molar refractivity (Wildman–Crippen MR) is 100 cm³/mol. The lowest BCUT2D eigenvalue weighted by atomic mass is 10.1. The molecule has 1 amide bonds. The molecule has 0 aromatic carbocycles. The number of carbonyl (C=O) groups excluding carboxylic acids is 1. The molecule has 2 aromatic rings. The number of thiol groups is 1. The van der Waals surface area contributed by atoms with Gasteiger partial charge in [0.15, 0.2) is 0 Å². The molecule has 0 aliphatic rings. The Morgan fingerprint density at radius 1 is 1.39 bits per heavy atom. The molecule has 0 bridgehead atoms. The van der Waals surface area contributed by atoms with Crippen LogP contribution in [0.4, 0.5) is 5.00 Å². The van der Waals surface area contributed by atoms with Crippen molar-refractivity contribution in [3.63, 3.8) is 0 Å². The summed E-state index contributed by atoms with van der Waals surface area (Å²) in [6.45, 7) is 8.79. The van der Waals surface area contributed by atoms with Crippen molar-refractivity contribution in [3.05, 3.63) is 30.2 Å².